The summed E-state index contributed by atoms with van der Waals surface area (Å²) in [6.45, 7) is 3.72. The number of oxazole rings is 1. The highest BCUT2D eigenvalue weighted by Gasteiger charge is 2.14. The second-order valence-corrected chi connectivity index (χ2v) is 8.22. The van der Waals surface area contributed by atoms with Crippen molar-refractivity contribution in [3.05, 3.63) is 76.0 Å². The van der Waals surface area contributed by atoms with Crippen LogP contribution in [-0.4, -0.2) is 27.7 Å². The summed E-state index contributed by atoms with van der Waals surface area (Å²) in [7, 11) is 0. The molecule has 31 heavy (non-hydrogen) atoms. The minimum atomic E-state index is -0.0851. The van der Waals surface area contributed by atoms with Crippen LogP contribution >= 0.6 is 23.4 Å². The fourth-order valence-electron chi connectivity index (χ4n) is 3.19. The molecule has 0 N–H and O–H groups in total. The van der Waals surface area contributed by atoms with Crippen molar-refractivity contribution in [3.8, 4) is 11.3 Å². The summed E-state index contributed by atoms with van der Waals surface area (Å²) in [5.74, 6) is 1.74. The first-order valence-corrected chi connectivity index (χ1v) is 11.4. The number of aromatic nitrogens is 3. The van der Waals surface area contributed by atoms with Gasteiger partial charge in [-0.05, 0) is 31.5 Å². The van der Waals surface area contributed by atoms with E-state index in [1.165, 1.54) is 11.8 Å². The number of benzene rings is 2. The van der Waals surface area contributed by atoms with Gasteiger partial charge in [-0.1, -0.05) is 53.7 Å². The third-order valence-electron chi connectivity index (χ3n) is 4.69. The second kappa shape index (κ2) is 10.1. The standard InChI is InChI=1S/C23H22ClN3O3S/c1-2-29-12-6-11-27-22(28)18-10-9-17(24)13-19(18)26-23(27)31-15-21-25-14-20(30-21)16-7-4-3-5-8-16/h3-5,7-10,13-14H,2,6,11-12,15H2,1H3. The van der Waals surface area contributed by atoms with Gasteiger partial charge in [0.05, 0.1) is 22.9 Å². The fraction of sp³-hybridized carbons (Fsp3) is 0.261. The number of fused-ring (bicyclic) bond motifs is 1. The van der Waals surface area contributed by atoms with Gasteiger partial charge in [-0.2, -0.15) is 0 Å². The van der Waals surface area contributed by atoms with Gasteiger partial charge in [0.15, 0.2) is 10.9 Å². The zero-order valence-corrected chi connectivity index (χ0v) is 18.7. The first kappa shape index (κ1) is 21.6. The molecule has 2 aromatic carbocycles. The van der Waals surface area contributed by atoms with E-state index in [1.54, 1.807) is 29.0 Å². The molecule has 0 bridgehead atoms. The van der Waals surface area contributed by atoms with Crippen LogP contribution in [0.5, 0.6) is 0 Å². The molecular weight excluding hydrogens is 434 g/mol. The maximum atomic E-state index is 13.1. The van der Waals surface area contributed by atoms with Crippen LogP contribution < -0.4 is 5.56 Å². The van der Waals surface area contributed by atoms with Crippen LogP contribution in [0.25, 0.3) is 22.2 Å². The Balaban J connectivity index is 1.59. The van der Waals surface area contributed by atoms with Crippen molar-refractivity contribution in [1.82, 2.24) is 14.5 Å². The molecule has 6 nitrogen and oxygen atoms in total. The van der Waals surface area contributed by atoms with Crippen LogP contribution in [0.4, 0.5) is 0 Å². The summed E-state index contributed by atoms with van der Waals surface area (Å²) >= 11 is 7.54. The summed E-state index contributed by atoms with van der Waals surface area (Å²) in [6.07, 6.45) is 2.44. The molecule has 4 aromatic rings. The van der Waals surface area contributed by atoms with Crippen molar-refractivity contribution in [2.45, 2.75) is 30.8 Å². The lowest BCUT2D eigenvalue weighted by Gasteiger charge is -2.13. The average Bonchev–Trinajstić information content (AvgIpc) is 3.26. The van der Waals surface area contributed by atoms with Gasteiger partial charge in [0.25, 0.3) is 5.56 Å². The first-order chi connectivity index (χ1) is 15.2. The molecule has 4 rings (SSSR count). The molecule has 0 saturated heterocycles. The van der Waals surface area contributed by atoms with Gasteiger partial charge in [0, 0.05) is 30.3 Å². The minimum Gasteiger partial charge on any atom is -0.440 e. The molecule has 0 spiro atoms. The van der Waals surface area contributed by atoms with E-state index in [4.69, 9.17) is 25.7 Å². The number of rotatable bonds is 9. The van der Waals surface area contributed by atoms with E-state index in [9.17, 15) is 4.79 Å². The molecule has 160 valence electrons. The van der Waals surface area contributed by atoms with Gasteiger partial charge in [0.2, 0.25) is 5.89 Å². The Labute approximate surface area is 189 Å². The van der Waals surface area contributed by atoms with Crippen LogP contribution in [0.1, 0.15) is 19.2 Å². The molecule has 0 aliphatic rings. The molecule has 0 unspecified atom stereocenters. The molecule has 0 atom stereocenters. The van der Waals surface area contributed by atoms with Crippen molar-refractivity contribution in [3.63, 3.8) is 0 Å². The lowest BCUT2D eigenvalue weighted by molar-refractivity contribution is 0.140. The van der Waals surface area contributed by atoms with Crippen LogP contribution in [0.2, 0.25) is 5.02 Å². The highest BCUT2D eigenvalue weighted by molar-refractivity contribution is 7.98. The smallest absolute Gasteiger partial charge is 0.262 e. The summed E-state index contributed by atoms with van der Waals surface area (Å²) < 4.78 is 13.0. The zero-order chi connectivity index (χ0) is 21.6. The van der Waals surface area contributed by atoms with E-state index >= 15 is 0 Å². The molecule has 0 aliphatic carbocycles. The van der Waals surface area contributed by atoms with E-state index in [-0.39, 0.29) is 5.56 Å². The van der Waals surface area contributed by atoms with E-state index in [2.05, 4.69) is 4.98 Å². The molecule has 0 fully saturated rings. The van der Waals surface area contributed by atoms with E-state index < -0.39 is 0 Å². The minimum absolute atomic E-state index is 0.0851. The Morgan fingerprint density at radius 1 is 1.19 bits per heavy atom. The number of ether oxygens (including phenoxy) is 1. The SMILES string of the molecule is CCOCCCn1c(SCc2ncc(-c3ccccc3)o2)nc2cc(Cl)ccc2c1=O. The molecule has 0 amide bonds. The van der Waals surface area contributed by atoms with Gasteiger partial charge in [-0.3, -0.25) is 9.36 Å². The first-order valence-electron chi connectivity index (χ1n) is 10.1. The van der Waals surface area contributed by atoms with Gasteiger partial charge >= 0.3 is 0 Å². The van der Waals surface area contributed by atoms with E-state index in [0.29, 0.717) is 58.2 Å². The van der Waals surface area contributed by atoms with Crippen LogP contribution in [-0.2, 0) is 17.0 Å². The Morgan fingerprint density at radius 2 is 2.03 bits per heavy atom. The lowest BCUT2D eigenvalue weighted by Crippen LogP contribution is -2.24. The van der Waals surface area contributed by atoms with Gasteiger partial charge in [-0.25, -0.2) is 9.97 Å². The highest BCUT2D eigenvalue weighted by Crippen LogP contribution is 2.26. The fourth-order valence-corrected chi connectivity index (χ4v) is 4.23. The maximum absolute atomic E-state index is 13.1. The van der Waals surface area contributed by atoms with Crippen molar-refractivity contribution in [2.24, 2.45) is 0 Å². The summed E-state index contributed by atoms with van der Waals surface area (Å²) in [4.78, 5) is 22.2. The predicted octanol–water partition coefficient (Wildman–Crippen LogP) is 5.42. The van der Waals surface area contributed by atoms with Crippen LogP contribution in [0.3, 0.4) is 0 Å². The molecule has 0 radical (unpaired) electrons. The van der Waals surface area contributed by atoms with Crippen molar-refractivity contribution in [2.75, 3.05) is 13.2 Å². The quantitative estimate of drug-likeness (QED) is 0.190. The molecular formula is C23H22ClN3O3S. The Bertz CT molecular complexity index is 1220. The third-order valence-corrected chi connectivity index (χ3v) is 5.89. The number of nitrogens with zero attached hydrogens (tertiary/aromatic N) is 3. The molecule has 8 heteroatoms. The largest absolute Gasteiger partial charge is 0.440 e. The topological polar surface area (TPSA) is 70.2 Å². The average molecular weight is 456 g/mol. The number of halogens is 1. The van der Waals surface area contributed by atoms with Crippen LogP contribution in [0.15, 0.2) is 69.1 Å². The number of hydrogen-bond donors (Lipinski definition) is 0. The summed E-state index contributed by atoms with van der Waals surface area (Å²) in [5, 5.41) is 1.70. The normalized spacial score (nSPS) is 11.3. The Kier molecular flexibility index (Phi) is 7.06. The Hall–Kier alpha value is -2.61. The van der Waals surface area contributed by atoms with Crippen LogP contribution in [0, 0.1) is 0 Å². The van der Waals surface area contributed by atoms with Gasteiger partial charge in [-0.15, -0.1) is 0 Å². The molecule has 0 aliphatic heterocycles. The summed E-state index contributed by atoms with van der Waals surface area (Å²) in [5.41, 5.74) is 1.47. The number of hydrogen-bond acceptors (Lipinski definition) is 6. The zero-order valence-electron chi connectivity index (χ0n) is 17.1. The van der Waals surface area contributed by atoms with Crippen molar-refractivity contribution in [1.29, 1.82) is 0 Å². The predicted molar refractivity (Wildman–Crippen MR) is 124 cm³/mol. The monoisotopic (exact) mass is 455 g/mol. The maximum Gasteiger partial charge on any atom is 0.262 e. The number of thioether (sulfide) groups is 1. The second-order valence-electron chi connectivity index (χ2n) is 6.84. The molecule has 2 aromatic heterocycles. The summed E-state index contributed by atoms with van der Waals surface area (Å²) in [6, 6.07) is 15.0. The van der Waals surface area contributed by atoms with E-state index in [1.807, 2.05) is 37.3 Å². The Morgan fingerprint density at radius 3 is 2.84 bits per heavy atom. The highest BCUT2D eigenvalue weighted by atomic mass is 35.5. The van der Waals surface area contributed by atoms with Crippen molar-refractivity contribution >= 4 is 34.3 Å². The van der Waals surface area contributed by atoms with E-state index in [0.717, 1.165) is 12.0 Å². The van der Waals surface area contributed by atoms with Gasteiger partial charge in [0.1, 0.15) is 0 Å². The molecule has 0 saturated carbocycles. The lowest BCUT2D eigenvalue weighted by atomic mass is 10.2. The third kappa shape index (κ3) is 5.18. The molecule has 2 heterocycles. The van der Waals surface area contributed by atoms with Crippen molar-refractivity contribution < 1.29 is 9.15 Å². The van der Waals surface area contributed by atoms with Gasteiger partial charge < -0.3 is 9.15 Å².